The standard InChI is InChI=1S/C15H12O3/c1-9-6-13-14(7-10(9)2)18-8-12(15(13)17)5-4-11(3)16/h6-8H,1-3H3. The van der Waals surface area contributed by atoms with Crippen molar-refractivity contribution in [1.82, 2.24) is 0 Å². The van der Waals surface area contributed by atoms with Crippen LogP contribution in [0.1, 0.15) is 23.6 Å². The van der Waals surface area contributed by atoms with Crippen LogP contribution in [-0.4, -0.2) is 5.78 Å². The molecule has 0 amide bonds. The third-order valence-corrected chi connectivity index (χ3v) is 2.76. The predicted molar refractivity (Wildman–Crippen MR) is 69.5 cm³/mol. The van der Waals surface area contributed by atoms with E-state index in [1.165, 1.54) is 13.2 Å². The molecule has 0 spiro atoms. The van der Waals surface area contributed by atoms with Gasteiger partial charge in [0.25, 0.3) is 0 Å². The highest BCUT2D eigenvalue weighted by Gasteiger charge is 2.07. The molecule has 1 heterocycles. The van der Waals surface area contributed by atoms with Crippen molar-refractivity contribution < 1.29 is 9.21 Å². The van der Waals surface area contributed by atoms with Gasteiger partial charge in [-0.15, -0.1) is 0 Å². The van der Waals surface area contributed by atoms with Gasteiger partial charge in [0.15, 0.2) is 0 Å². The minimum absolute atomic E-state index is 0.201. The molecule has 0 fully saturated rings. The predicted octanol–water partition coefficient (Wildman–Crippen LogP) is 2.35. The van der Waals surface area contributed by atoms with E-state index in [4.69, 9.17) is 4.42 Å². The maximum atomic E-state index is 12.1. The summed E-state index contributed by atoms with van der Waals surface area (Å²) < 4.78 is 5.38. The highest BCUT2D eigenvalue weighted by molar-refractivity contribution is 5.94. The lowest BCUT2D eigenvalue weighted by atomic mass is 10.1. The normalized spacial score (nSPS) is 9.94. The largest absolute Gasteiger partial charge is 0.463 e. The van der Waals surface area contributed by atoms with Crippen molar-refractivity contribution in [1.29, 1.82) is 0 Å². The zero-order chi connectivity index (χ0) is 13.3. The molecule has 0 aliphatic carbocycles. The number of Topliss-reactive ketones (excluding diaryl/α,β-unsaturated/α-hetero) is 1. The number of rotatable bonds is 0. The first kappa shape index (κ1) is 12.1. The smallest absolute Gasteiger partial charge is 0.208 e. The SMILES string of the molecule is CC(=O)C#Cc1coc2cc(C)c(C)cc2c1=O. The molecule has 0 aliphatic heterocycles. The molecule has 2 aromatic rings. The van der Waals surface area contributed by atoms with Crippen LogP contribution in [-0.2, 0) is 4.79 Å². The Morgan fingerprint density at radius 3 is 2.56 bits per heavy atom. The van der Waals surface area contributed by atoms with Crippen LogP contribution in [0.2, 0.25) is 0 Å². The monoisotopic (exact) mass is 240 g/mol. The summed E-state index contributed by atoms with van der Waals surface area (Å²) in [5.74, 6) is 4.59. The van der Waals surface area contributed by atoms with Gasteiger partial charge in [0, 0.05) is 6.92 Å². The quantitative estimate of drug-likeness (QED) is 0.664. The zero-order valence-corrected chi connectivity index (χ0v) is 10.5. The summed E-state index contributed by atoms with van der Waals surface area (Å²) in [7, 11) is 0. The minimum Gasteiger partial charge on any atom is -0.463 e. The third kappa shape index (κ3) is 2.18. The summed E-state index contributed by atoms with van der Waals surface area (Å²) in [6.45, 7) is 5.24. The van der Waals surface area contributed by atoms with Gasteiger partial charge in [-0.3, -0.25) is 9.59 Å². The topological polar surface area (TPSA) is 47.3 Å². The lowest BCUT2D eigenvalue weighted by Crippen LogP contribution is -2.06. The highest BCUT2D eigenvalue weighted by atomic mass is 16.3. The molecule has 0 bridgehead atoms. The van der Waals surface area contributed by atoms with Crippen LogP contribution in [0.15, 0.2) is 27.6 Å². The second-order valence-electron chi connectivity index (χ2n) is 4.22. The molecular formula is C15H12O3. The van der Waals surface area contributed by atoms with E-state index < -0.39 is 0 Å². The molecule has 2 rings (SSSR count). The van der Waals surface area contributed by atoms with E-state index in [-0.39, 0.29) is 16.8 Å². The zero-order valence-electron chi connectivity index (χ0n) is 10.5. The van der Waals surface area contributed by atoms with Crippen molar-refractivity contribution in [2.75, 3.05) is 0 Å². The van der Waals surface area contributed by atoms with E-state index in [1.807, 2.05) is 19.9 Å². The summed E-state index contributed by atoms with van der Waals surface area (Å²) in [6, 6.07) is 3.61. The van der Waals surface area contributed by atoms with Gasteiger partial charge in [-0.2, -0.15) is 0 Å². The van der Waals surface area contributed by atoms with E-state index in [0.717, 1.165) is 11.1 Å². The lowest BCUT2D eigenvalue weighted by Gasteiger charge is -2.02. The van der Waals surface area contributed by atoms with E-state index in [1.54, 1.807) is 6.07 Å². The molecule has 0 aliphatic rings. The van der Waals surface area contributed by atoms with Gasteiger partial charge in [0.1, 0.15) is 17.4 Å². The Bertz CT molecular complexity index is 755. The molecule has 0 atom stereocenters. The van der Waals surface area contributed by atoms with Crippen LogP contribution < -0.4 is 5.43 Å². The third-order valence-electron chi connectivity index (χ3n) is 2.76. The molecule has 3 nitrogen and oxygen atoms in total. The molecular weight excluding hydrogens is 228 g/mol. The van der Waals surface area contributed by atoms with Crippen LogP contribution in [0.5, 0.6) is 0 Å². The molecule has 3 heteroatoms. The number of benzene rings is 1. The van der Waals surface area contributed by atoms with E-state index in [9.17, 15) is 9.59 Å². The molecule has 0 saturated carbocycles. The van der Waals surface area contributed by atoms with E-state index >= 15 is 0 Å². The number of hydrogen-bond donors (Lipinski definition) is 0. The molecule has 1 aromatic carbocycles. The van der Waals surface area contributed by atoms with Gasteiger partial charge >= 0.3 is 0 Å². The number of hydrogen-bond acceptors (Lipinski definition) is 3. The first-order valence-electron chi connectivity index (χ1n) is 5.54. The van der Waals surface area contributed by atoms with Crippen molar-refractivity contribution in [2.24, 2.45) is 0 Å². The van der Waals surface area contributed by atoms with Crippen molar-refractivity contribution in [3.8, 4) is 11.8 Å². The Morgan fingerprint density at radius 2 is 1.89 bits per heavy atom. The Labute approximate surface area is 104 Å². The van der Waals surface area contributed by atoms with Gasteiger partial charge in [0.2, 0.25) is 11.2 Å². The lowest BCUT2D eigenvalue weighted by molar-refractivity contribution is -0.111. The Balaban J connectivity index is 2.73. The van der Waals surface area contributed by atoms with Gasteiger partial charge < -0.3 is 4.42 Å². The van der Waals surface area contributed by atoms with Crippen molar-refractivity contribution in [2.45, 2.75) is 20.8 Å². The molecule has 1 aromatic heterocycles. The Morgan fingerprint density at radius 1 is 1.22 bits per heavy atom. The fraction of sp³-hybridized carbons (Fsp3) is 0.200. The molecule has 90 valence electrons. The van der Waals surface area contributed by atoms with Gasteiger partial charge in [-0.1, -0.05) is 5.92 Å². The van der Waals surface area contributed by atoms with Crippen LogP contribution in [0.25, 0.3) is 11.0 Å². The van der Waals surface area contributed by atoms with Gasteiger partial charge in [0.05, 0.1) is 5.39 Å². The Hall–Kier alpha value is -2.34. The maximum Gasteiger partial charge on any atom is 0.208 e. The fourth-order valence-electron chi connectivity index (χ4n) is 1.63. The number of fused-ring (bicyclic) bond motifs is 1. The van der Waals surface area contributed by atoms with Gasteiger partial charge in [-0.25, -0.2) is 0 Å². The summed E-state index contributed by atoms with van der Waals surface area (Å²) >= 11 is 0. The van der Waals surface area contributed by atoms with Crippen molar-refractivity contribution >= 4 is 16.8 Å². The van der Waals surface area contributed by atoms with Crippen LogP contribution in [0.3, 0.4) is 0 Å². The summed E-state index contributed by atoms with van der Waals surface area (Å²) in [5.41, 5.74) is 2.63. The molecule has 0 saturated heterocycles. The molecule has 0 radical (unpaired) electrons. The highest BCUT2D eigenvalue weighted by Crippen LogP contribution is 2.16. The first-order valence-corrected chi connectivity index (χ1v) is 5.54. The van der Waals surface area contributed by atoms with Crippen LogP contribution in [0.4, 0.5) is 0 Å². The van der Waals surface area contributed by atoms with Crippen molar-refractivity contribution in [3.05, 3.63) is 45.3 Å². The molecule has 18 heavy (non-hydrogen) atoms. The summed E-state index contributed by atoms with van der Waals surface area (Å²) in [6.07, 6.45) is 1.30. The second-order valence-corrected chi connectivity index (χ2v) is 4.22. The average molecular weight is 240 g/mol. The van der Waals surface area contributed by atoms with Crippen LogP contribution >= 0.6 is 0 Å². The number of carbonyl (C=O) groups is 1. The van der Waals surface area contributed by atoms with Crippen molar-refractivity contribution in [3.63, 3.8) is 0 Å². The first-order chi connectivity index (χ1) is 8.49. The second kappa shape index (κ2) is 4.50. The Kier molecular flexibility index (Phi) is 3.03. The fourth-order valence-corrected chi connectivity index (χ4v) is 1.63. The minimum atomic E-state index is -0.283. The number of carbonyl (C=O) groups excluding carboxylic acids is 1. The average Bonchev–Trinajstić information content (AvgIpc) is 2.31. The molecule has 0 unspecified atom stereocenters. The van der Waals surface area contributed by atoms with Gasteiger partial charge in [-0.05, 0) is 43.0 Å². The maximum absolute atomic E-state index is 12.1. The summed E-state index contributed by atoms with van der Waals surface area (Å²) in [4.78, 5) is 22.9. The number of aryl methyl sites for hydroxylation is 2. The van der Waals surface area contributed by atoms with E-state index in [2.05, 4.69) is 11.8 Å². The molecule has 0 N–H and O–H groups in total. The van der Waals surface area contributed by atoms with E-state index in [0.29, 0.717) is 11.0 Å². The summed E-state index contributed by atoms with van der Waals surface area (Å²) in [5, 5.41) is 0.494. The van der Waals surface area contributed by atoms with Crippen LogP contribution in [0, 0.1) is 25.7 Å². The number of ketones is 1.